The van der Waals surface area contributed by atoms with Gasteiger partial charge in [0.2, 0.25) is 0 Å². The maximum atomic E-state index is 2.52. The predicted octanol–water partition coefficient (Wildman–Crippen LogP) is 5.91. The lowest BCUT2D eigenvalue weighted by Crippen LogP contribution is -2.30. The highest BCUT2D eigenvalue weighted by molar-refractivity contribution is 6.77. The minimum atomic E-state index is -0.936. The molecule has 0 saturated carbocycles. The van der Waals surface area contributed by atoms with E-state index in [9.17, 15) is 0 Å². The quantitative estimate of drug-likeness (QED) is 0.548. The van der Waals surface area contributed by atoms with Gasteiger partial charge in [0.05, 0.1) is 0 Å². The van der Waals surface area contributed by atoms with Crippen LogP contribution in [0.15, 0.2) is 30.3 Å². The molecule has 0 N–H and O–H groups in total. The molecule has 0 amide bonds. The fourth-order valence-electron chi connectivity index (χ4n) is 3.02. The van der Waals surface area contributed by atoms with Crippen molar-refractivity contribution in [1.29, 1.82) is 0 Å². The summed E-state index contributed by atoms with van der Waals surface area (Å²) in [5, 5.41) is 0. The van der Waals surface area contributed by atoms with Crippen LogP contribution in [0, 0.1) is 5.92 Å². The van der Waals surface area contributed by atoms with Gasteiger partial charge < -0.3 is 0 Å². The second kappa shape index (κ2) is 6.89. The van der Waals surface area contributed by atoms with Crippen molar-refractivity contribution in [1.82, 2.24) is 0 Å². The van der Waals surface area contributed by atoms with Gasteiger partial charge in [-0.3, -0.25) is 0 Å². The molecule has 108 valence electrons. The van der Waals surface area contributed by atoms with E-state index in [2.05, 4.69) is 69.6 Å². The highest BCUT2D eigenvalue weighted by Gasteiger charge is 2.25. The SMILES string of the molecule is C[Si](C)(C)CC(CCc1ccccc1)C[Si](C)(C)C. The van der Waals surface area contributed by atoms with E-state index in [1.54, 1.807) is 0 Å². The van der Waals surface area contributed by atoms with Gasteiger partial charge >= 0.3 is 0 Å². The smallest absolute Gasteiger partial charge is 0.0445 e. The summed E-state index contributed by atoms with van der Waals surface area (Å²) in [5.41, 5.74) is 1.51. The third-order valence-corrected chi connectivity index (χ3v) is 7.09. The molecule has 0 radical (unpaired) electrons. The third kappa shape index (κ3) is 8.43. The lowest BCUT2D eigenvalue weighted by Gasteiger charge is -2.29. The van der Waals surface area contributed by atoms with Crippen molar-refractivity contribution in [2.75, 3.05) is 0 Å². The third-order valence-electron chi connectivity index (χ3n) is 3.49. The summed E-state index contributed by atoms with van der Waals surface area (Å²) in [6.45, 7) is 15.1. The van der Waals surface area contributed by atoms with E-state index in [1.165, 1.54) is 30.5 Å². The number of benzene rings is 1. The Bertz CT molecular complexity index is 341. The Morgan fingerprint density at radius 2 is 1.26 bits per heavy atom. The molecular formula is C17H32Si2. The highest BCUT2D eigenvalue weighted by Crippen LogP contribution is 2.29. The molecule has 0 aliphatic rings. The van der Waals surface area contributed by atoms with Gasteiger partial charge in [-0.05, 0) is 24.3 Å². The first-order valence-electron chi connectivity index (χ1n) is 7.70. The van der Waals surface area contributed by atoms with Gasteiger partial charge in [-0.1, -0.05) is 81.7 Å². The van der Waals surface area contributed by atoms with E-state index >= 15 is 0 Å². The summed E-state index contributed by atoms with van der Waals surface area (Å²) in [7, 11) is -1.87. The van der Waals surface area contributed by atoms with E-state index in [1.807, 2.05) is 0 Å². The first-order chi connectivity index (χ1) is 8.66. The zero-order valence-electron chi connectivity index (χ0n) is 13.8. The number of hydrogen-bond acceptors (Lipinski definition) is 0. The van der Waals surface area contributed by atoms with Crippen molar-refractivity contribution in [3.05, 3.63) is 35.9 Å². The molecule has 0 aromatic heterocycles. The van der Waals surface area contributed by atoms with E-state index in [0.29, 0.717) is 0 Å². The summed E-state index contributed by atoms with van der Waals surface area (Å²) < 4.78 is 0. The van der Waals surface area contributed by atoms with Crippen LogP contribution in [0.3, 0.4) is 0 Å². The Kier molecular flexibility index (Phi) is 6.06. The molecule has 0 bridgehead atoms. The first kappa shape index (κ1) is 16.7. The van der Waals surface area contributed by atoms with Crippen LogP contribution < -0.4 is 0 Å². The summed E-state index contributed by atoms with van der Waals surface area (Å²) in [5.74, 6) is 0.957. The predicted molar refractivity (Wildman–Crippen MR) is 94.6 cm³/mol. The van der Waals surface area contributed by atoms with Crippen molar-refractivity contribution in [2.24, 2.45) is 5.92 Å². The second-order valence-corrected chi connectivity index (χ2v) is 19.5. The Morgan fingerprint density at radius 3 is 1.68 bits per heavy atom. The summed E-state index contributed by atoms with van der Waals surface area (Å²) in [4.78, 5) is 0. The molecule has 0 saturated heterocycles. The van der Waals surface area contributed by atoms with Gasteiger partial charge in [0, 0.05) is 16.1 Å². The molecule has 0 aliphatic carbocycles. The van der Waals surface area contributed by atoms with Gasteiger partial charge in [0.25, 0.3) is 0 Å². The van der Waals surface area contributed by atoms with Crippen molar-refractivity contribution >= 4 is 16.1 Å². The Morgan fingerprint density at radius 1 is 0.789 bits per heavy atom. The molecule has 1 aromatic rings. The van der Waals surface area contributed by atoms with Crippen LogP contribution in [0.25, 0.3) is 0 Å². The number of hydrogen-bond donors (Lipinski definition) is 0. The minimum absolute atomic E-state index is 0.936. The van der Waals surface area contributed by atoms with Gasteiger partial charge in [-0.2, -0.15) is 0 Å². The van der Waals surface area contributed by atoms with Crippen molar-refractivity contribution in [3.8, 4) is 0 Å². The van der Waals surface area contributed by atoms with E-state index in [-0.39, 0.29) is 0 Å². The standard InChI is InChI=1S/C17H32Si2/c1-18(2,3)14-17(15-19(4,5)6)13-12-16-10-8-7-9-11-16/h7-11,17H,12-15H2,1-6H3. The van der Waals surface area contributed by atoms with Crippen molar-refractivity contribution in [3.63, 3.8) is 0 Å². The molecule has 0 aliphatic heterocycles. The molecule has 0 spiro atoms. The monoisotopic (exact) mass is 292 g/mol. The van der Waals surface area contributed by atoms with Gasteiger partial charge in [0.15, 0.2) is 0 Å². The Labute approximate surface area is 122 Å². The van der Waals surface area contributed by atoms with Crippen LogP contribution in [-0.2, 0) is 6.42 Å². The zero-order chi connectivity index (χ0) is 14.5. The van der Waals surface area contributed by atoms with E-state index in [0.717, 1.165) is 5.92 Å². The first-order valence-corrected chi connectivity index (χ1v) is 15.1. The van der Waals surface area contributed by atoms with Gasteiger partial charge in [-0.25, -0.2) is 0 Å². The van der Waals surface area contributed by atoms with Crippen LogP contribution in [0.5, 0.6) is 0 Å². The van der Waals surface area contributed by atoms with Crippen LogP contribution in [0.2, 0.25) is 51.4 Å². The summed E-state index contributed by atoms with van der Waals surface area (Å²) in [6, 6.07) is 14.0. The Balaban J connectivity index is 2.59. The van der Waals surface area contributed by atoms with Crippen LogP contribution in [0.4, 0.5) is 0 Å². The molecule has 0 fully saturated rings. The topological polar surface area (TPSA) is 0 Å². The van der Waals surface area contributed by atoms with Crippen LogP contribution in [0.1, 0.15) is 12.0 Å². The van der Waals surface area contributed by atoms with Gasteiger partial charge in [-0.15, -0.1) is 0 Å². The molecule has 1 rings (SSSR count). The summed E-state index contributed by atoms with van der Waals surface area (Å²) in [6.07, 6.45) is 2.65. The Hall–Kier alpha value is -0.346. The fraction of sp³-hybridized carbons (Fsp3) is 0.647. The molecule has 0 nitrogen and oxygen atoms in total. The second-order valence-electron chi connectivity index (χ2n) is 8.42. The number of aryl methyl sites for hydroxylation is 1. The molecule has 2 heteroatoms. The maximum Gasteiger partial charge on any atom is 0.0445 e. The molecule has 0 atom stereocenters. The lowest BCUT2D eigenvalue weighted by molar-refractivity contribution is 0.570. The van der Waals surface area contributed by atoms with Crippen LogP contribution >= 0.6 is 0 Å². The van der Waals surface area contributed by atoms with Crippen LogP contribution in [-0.4, -0.2) is 16.1 Å². The minimum Gasteiger partial charge on any atom is -0.0695 e. The van der Waals surface area contributed by atoms with Crippen molar-refractivity contribution < 1.29 is 0 Å². The average molecular weight is 293 g/mol. The van der Waals surface area contributed by atoms with Gasteiger partial charge in [0.1, 0.15) is 0 Å². The van der Waals surface area contributed by atoms with Crippen molar-refractivity contribution in [2.45, 2.75) is 64.2 Å². The maximum absolute atomic E-state index is 2.52. The van der Waals surface area contributed by atoms with E-state index in [4.69, 9.17) is 0 Å². The molecule has 0 heterocycles. The average Bonchev–Trinajstić information content (AvgIpc) is 2.23. The normalized spacial score (nSPS) is 13.0. The summed E-state index contributed by atoms with van der Waals surface area (Å²) >= 11 is 0. The lowest BCUT2D eigenvalue weighted by atomic mass is 10.0. The molecule has 19 heavy (non-hydrogen) atoms. The largest absolute Gasteiger partial charge is 0.0695 e. The number of rotatable bonds is 7. The highest BCUT2D eigenvalue weighted by atomic mass is 28.3. The molecular weight excluding hydrogens is 260 g/mol. The fourth-order valence-corrected chi connectivity index (χ4v) is 7.47. The molecule has 0 unspecified atom stereocenters. The zero-order valence-corrected chi connectivity index (χ0v) is 15.8. The molecule has 1 aromatic carbocycles. The van der Waals surface area contributed by atoms with E-state index < -0.39 is 16.1 Å².